The predicted octanol–water partition coefficient (Wildman–Crippen LogP) is 2.28. The van der Waals surface area contributed by atoms with Crippen LogP contribution in [0.25, 0.3) is 11.0 Å². The molecule has 0 aliphatic heterocycles. The first-order chi connectivity index (χ1) is 11.5. The Labute approximate surface area is 145 Å². The molecule has 2 amide bonds. The van der Waals surface area contributed by atoms with E-state index in [4.69, 9.17) is 5.73 Å². The van der Waals surface area contributed by atoms with Crippen LogP contribution in [0.15, 0.2) is 12.3 Å². The van der Waals surface area contributed by atoms with Gasteiger partial charge in [0, 0.05) is 23.2 Å². The van der Waals surface area contributed by atoms with E-state index in [0.717, 1.165) is 42.0 Å². The van der Waals surface area contributed by atoms with Gasteiger partial charge in [-0.3, -0.25) is 14.0 Å². The van der Waals surface area contributed by atoms with Gasteiger partial charge in [-0.05, 0) is 32.8 Å². The summed E-state index contributed by atoms with van der Waals surface area (Å²) in [4.78, 5) is 32.2. The van der Waals surface area contributed by atoms with E-state index in [9.17, 15) is 9.59 Å². The van der Waals surface area contributed by atoms with Crippen molar-refractivity contribution in [1.29, 1.82) is 0 Å². The summed E-state index contributed by atoms with van der Waals surface area (Å²) in [6, 6.07) is 0.115. The highest BCUT2D eigenvalue weighted by molar-refractivity contribution is 7.17. The Hall–Kier alpha value is -2.15. The van der Waals surface area contributed by atoms with Crippen molar-refractivity contribution in [3.63, 3.8) is 0 Å². The normalized spacial score (nSPS) is 15.6. The van der Waals surface area contributed by atoms with Gasteiger partial charge in [0.25, 0.3) is 0 Å². The minimum atomic E-state index is -0.472. The molecule has 2 N–H and O–H groups in total. The number of aryl methyl sites for hydroxylation is 2. The molecule has 0 unspecified atom stereocenters. The Morgan fingerprint density at radius 3 is 2.79 bits per heavy atom. The first-order valence-electron chi connectivity index (χ1n) is 8.18. The highest BCUT2D eigenvalue weighted by atomic mass is 32.1. The molecule has 1 fully saturated rings. The molecule has 0 saturated heterocycles. The number of imidazole rings is 1. The Morgan fingerprint density at radius 2 is 2.12 bits per heavy atom. The highest BCUT2D eigenvalue weighted by Gasteiger charge is 2.26. The molecule has 6 nitrogen and oxygen atoms in total. The van der Waals surface area contributed by atoms with Crippen LogP contribution in [0.1, 0.15) is 41.9 Å². The monoisotopic (exact) mass is 346 g/mol. The standard InChI is InChI=1S/C17H22N4O2S/c1-11-9-21-14(12(2)19-17(21)24-11)7-8-16(23)20(10-15(18)22)13-5-3-4-6-13/h7-9,13H,3-6,10H2,1-2H3,(H2,18,22)/b8-7+. The first-order valence-corrected chi connectivity index (χ1v) is 8.99. The van der Waals surface area contributed by atoms with Crippen molar-refractivity contribution in [1.82, 2.24) is 14.3 Å². The van der Waals surface area contributed by atoms with Crippen molar-refractivity contribution in [3.8, 4) is 0 Å². The number of carbonyl (C=O) groups is 2. The maximum atomic E-state index is 12.6. The van der Waals surface area contributed by atoms with Crippen LogP contribution in [-0.2, 0) is 9.59 Å². The largest absolute Gasteiger partial charge is 0.368 e. The number of nitrogens with two attached hydrogens (primary N) is 1. The van der Waals surface area contributed by atoms with E-state index in [0.29, 0.717) is 0 Å². The van der Waals surface area contributed by atoms with Crippen LogP contribution < -0.4 is 5.73 Å². The predicted molar refractivity (Wildman–Crippen MR) is 94.7 cm³/mol. The smallest absolute Gasteiger partial charge is 0.247 e. The molecule has 0 atom stereocenters. The van der Waals surface area contributed by atoms with Gasteiger partial charge in [-0.15, -0.1) is 11.3 Å². The van der Waals surface area contributed by atoms with E-state index < -0.39 is 5.91 Å². The minimum absolute atomic E-state index is 0.0216. The lowest BCUT2D eigenvalue weighted by molar-refractivity contribution is -0.133. The number of aromatic nitrogens is 2. The van der Waals surface area contributed by atoms with Crippen molar-refractivity contribution in [2.45, 2.75) is 45.6 Å². The van der Waals surface area contributed by atoms with Gasteiger partial charge in [0.05, 0.1) is 17.9 Å². The molecule has 0 spiro atoms. The molecule has 24 heavy (non-hydrogen) atoms. The summed E-state index contributed by atoms with van der Waals surface area (Å²) in [5, 5.41) is 0. The van der Waals surface area contributed by atoms with Crippen LogP contribution in [0.4, 0.5) is 0 Å². The molecule has 1 saturated carbocycles. The second-order valence-corrected chi connectivity index (χ2v) is 7.49. The summed E-state index contributed by atoms with van der Waals surface area (Å²) in [5.41, 5.74) is 7.10. The van der Waals surface area contributed by atoms with Crippen molar-refractivity contribution in [2.75, 3.05) is 6.54 Å². The van der Waals surface area contributed by atoms with Crippen LogP contribution in [0, 0.1) is 13.8 Å². The Morgan fingerprint density at radius 1 is 1.42 bits per heavy atom. The van der Waals surface area contributed by atoms with E-state index in [1.165, 1.54) is 11.0 Å². The number of hydrogen-bond donors (Lipinski definition) is 1. The van der Waals surface area contributed by atoms with Crippen molar-refractivity contribution < 1.29 is 9.59 Å². The molecule has 0 aromatic carbocycles. The van der Waals surface area contributed by atoms with Gasteiger partial charge in [0.15, 0.2) is 4.96 Å². The summed E-state index contributed by atoms with van der Waals surface area (Å²) in [6.45, 7) is 3.94. The SMILES string of the molecule is Cc1cn2c(/C=C/C(=O)N(CC(N)=O)C3CCCC3)c(C)nc2s1. The van der Waals surface area contributed by atoms with E-state index in [2.05, 4.69) is 4.98 Å². The van der Waals surface area contributed by atoms with Crippen molar-refractivity contribution >= 4 is 34.2 Å². The van der Waals surface area contributed by atoms with Crippen LogP contribution >= 0.6 is 11.3 Å². The zero-order valence-corrected chi connectivity index (χ0v) is 14.8. The summed E-state index contributed by atoms with van der Waals surface area (Å²) >= 11 is 1.62. The third-order valence-electron chi connectivity index (χ3n) is 4.42. The molecule has 1 aliphatic carbocycles. The number of primary amides is 1. The zero-order valence-electron chi connectivity index (χ0n) is 14.0. The van der Waals surface area contributed by atoms with Crippen LogP contribution in [0.3, 0.4) is 0 Å². The zero-order chi connectivity index (χ0) is 17.3. The molecule has 2 aromatic rings. The van der Waals surface area contributed by atoms with E-state index in [1.807, 2.05) is 24.4 Å². The van der Waals surface area contributed by atoms with Crippen molar-refractivity contribution in [2.24, 2.45) is 5.73 Å². The molecule has 128 valence electrons. The summed E-state index contributed by atoms with van der Waals surface area (Å²) < 4.78 is 1.99. The van der Waals surface area contributed by atoms with Gasteiger partial charge >= 0.3 is 0 Å². The van der Waals surface area contributed by atoms with Gasteiger partial charge < -0.3 is 10.6 Å². The molecule has 0 radical (unpaired) electrons. The number of carbonyl (C=O) groups excluding carboxylic acids is 2. The highest BCUT2D eigenvalue weighted by Crippen LogP contribution is 2.24. The van der Waals surface area contributed by atoms with Crippen molar-refractivity contribution in [3.05, 3.63) is 28.5 Å². The third kappa shape index (κ3) is 3.36. The number of amides is 2. The quantitative estimate of drug-likeness (QED) is 0.844. The van der Waals surface area contributed by atoms with Gasteiger partial charge in [-0.2, -0.15) is 0 Å². The molecule has 3 rings (SSSR count). The number of nitrogens with zero attached hydrogens (tertiary/aromatic N) is 3. The Kier molecular flexibility index (Phi) is 4.71. The summed E-state index contributed by atoms with van der Waals surface area (Å²) in [6.07, 6.45) is 9.39. The van der Waals surface area contributed by atoms with Crippen LogP contribution in [0.5, 0.6) is 0 Å². The van der Waals surface area contributed by atoms with E-state index in [1.54, 1.807) is 22.3 Å². The lowest BCUT2D eigenvalue weighted by atomic mass is 10.2. The first kappa shape index (κ1) is 16.7. The van der Waals surface area contributed by atoms with Crippen LogP contribution in [-0.4, -0.2) is 38.7 Å². The lowest BCUT2D eigenvalue weighted by Crippen LogP contribution is -2.43. The van der Waals surface area contributed by atoms with E-state index in [-0.39, 0.29) is 18.5 Å². The van der Waals surface area contributed by atoms with Gasteiger partial charge in [-0.1, -0.05) is 12.8 Å². The summed E-state index contributed by atoms with van der Waals surface area (Å²) in [5.74, 6) is -0.637. The fourth-order valence-corrected chi connectivity index (χ4v) is 4.18. The topological polar surface area (TPSA) is 80.7 Å². The molecule has 2 aromatic heterocycles. The van der Waals surface area contributed by atoms with Gasteiger partial charge in [0.2, 0.25) is 11.8 Å². The number of thiazole rings is 1. The second kappa shape index (κ2) is 6.76. The Balaban J connectivity index is 1.83. The molecule has 2 heterocycles. The molecular formula is C17H22N4O2S. The molecular weight excluding hydrogens is 324 g/mol. The average molecular weight is 346 g/mol. The number of hydrogen-bond acceptors (Lipinski definition) is 4. The molecule has 0 bridgehead atoms. The van der Waals surface area contributed by atoms with Gasteiger partial charge in [0.1, 0.15) is 0 Å². The number of fused-ring (bicyclic) bond motifs is 1. The lowest BCUT2D eigenvalue weighted by Gasteiger charge is -2.26. The van der Waals surface area contributed by atoms with E-state index >= 15 is 0 Å². The van der Waals surface area contributed by atoms with Crippen LogP contribution in [0.2, 0.25) is 0 Å². The minimum Gasteiger partial charge on any atom is -0.368 e. The fourth-order valence-electron chi connectivity index (χ4n) is 3.30. The average Bonchev–Trinajstić information content (AvgIpc) is 3.19. The maximum absolute atomic E-state index is 12.6. The van der Waals surface area contributed by atoms with Gasteiger partial charge in [-0.25, -0.2) is 4.98 Å². The Bertz CT molecular complexity index is 799. The molecule has 7 heteroatoms. The second-order valence-electron chi connectivity index (χ2n) is 6.28. The molecule has 1 aliphatic rings. The summed E-state index contributed by atoms with van der Waals surface area (Å²) in [7, 11) is 0. The number of rotatable bonds is 5. The third-order valence-corrected chi connectivity index (χ3v) is 5.32. The fraction of sp³-hybridized carbons (Fsp3) is 0.471. The maximum Gasteiger partial charge on any atom is 0.247 e.